The Morgan fingerprint density at radius 1 is 1.42 bits per heavy atom. The van der Waals surface area contributed by atoms with E-state index in [2.05, 4.69) is 25.9 Å². The van der Waals surface area contributed by atoms with Crippen molar-refractivity contribution < 1.29 is 19.1 Å². The van der Waals surface area contributed by atoms with Crippen LogP contribution in [0, 0.1) is 0 Å². The SMILES string of the molecule is CCOC(=O)CC(=O)C(=O)NNC1=NCCCN1.I. The van der Waals surface area contributed by atoms with Gasteiger partial charge in [-0.15, -0.1) is 24.0 Å². The largest absolute Gasteiger partial charge is 0.466 e. The Morgan fingerprint density at radius 3 is 2.74 bits per heavy atom. The minimum atomic E-state index is -0.905. The number of ketones is 1. The second-order valence-corrected chi connectivity index (χ2v) is 3.49. The zero-order valence-corrected chi connectivity index (χ0v) is 12.9. The number of hydrogen-bond acceptors (Lipinski definition) is 7. The quantitative estimate of drug-likeness (QED) is 0.191. The van der Waals surface area contributed by atoms with Gasteiger partial charge in [0.15, 0.2) is 0 Å². The molecule has 3 N–H and O–H groups in total. The van der Waals surface area contributed by atoms with E-state index in [1.54, 1.807) is 6.92 Å². The van der Waals surface area contributed by atoms with E-state index in [1.165, 1.54) is 0 Å². The Labute approximate surface area is 127 Å². The molecule has 8 nitrogen and oxygen atoms in total. The first kappa shape index (κ1) is 17.6. The minimum Gasteiger partial charge on any atom is -0.466 e. The van der Waals surface area contributed by atoms with Crippen molar-refractivity contribution in [2.75, 3.05) is 19.7 Å². The first-order valence-electron chi connectivity index (χ1n) is 5.66. The average Bonchev–Trinajstić information content (AvgIpc) is 2.37. The summed E-state index contributed by atoms with van der Waals surface area (Å²) in [5, 5.41) is 2.90. The number of nitrogens with zero attached hydrogens (tertiary/aromatic N) is 1. The van der Waals surface area contributed by atoms with E-state index in [0.717, 1.165) is 13.0 Å². The molecule has 1 aliphatic heterocycles. The summed E-state index contributed by atoms with van der Waals surface area (Å²) in [6.45, 7) is 3.20. The summed E-state index contributed by atoms with van der Waals surface area (Å²) in [7, 11) is 0. The van der Waals surface area contributed by atoms with Crippen LogP contribution in [0.4, 0.5) is 0 Å². The molecule has 9 heteroatoms. The van der Waals surface area contributed by atoms with Crippen LogP contribution < -0.4 is 16.2 Å². The van der Waals surface area contributed by atoms with E-state index in [1.807, 2.05) is 0 Å². The lowest BCUT2D eigenvalue weighted by molar-refractivity contribution is -0.149. The highest BCUT2D eigenvalue weighted by Gasteiger charge is 2.18. The number of aliphatic imine (C=N–C) groups is 1. The highest BCUT2D eigenvalue weighted by Crippen LogP contribution is 1.89. The van der Waals surface area contributed by atoms with Crippen molar-refractivity contribution in [2.45, 2.75) is 19.8 Å². The summed E-state index contributed by atoms with van der Waals surface area (Å²) >= 11 is 0. The number of rotatable bonds is 4. The Balaban J connectivity index is 0.00000324. The highest BCUT2D eigenvalue weighted by atomic mass is 127. The number of nitrogens with one attached hydrogen (secondary N) is 3. The zero-order chi connectivity index (χ0) is 13.4. The number of halogens is 1. The molecule has 1 heterocycles. The molecule has 0 aromatic carbocycles. The summed E-state index contributed by atoms with van der Waals surface area (Å²) in [4.78, 5) is 37.6. The number of hydrazine groups is 1. The number of hydrogen-bond donors (Lipinski definition) is 3. The zero-order valence-electron chi connectivity index (χ0n) is 10.5. The molecule has 0 saturated heterocycles. The fourth-order valence-corrected chi connectivity index (χ4v) is 1.23. The van der Waals surface area contributed by atoms with Crippen molar-refractivity contribution in [3.05, 3.63) is 0 Å². The molecule has 0 spiro atoms. The Bertz CT molecular complexity index is 373. The number of carbonyl (C=O) groups excluding carboxylic acids is 3. The maximum Gasteiger partial charge on any atom is 0.313 e. The van der Waals surface area contributed by atoms with Gasteiger partial charge in [-0.2, -0.15) is 0 Å². The number of Topliss-reactive ketones (excluding diaryl/α,β-unsaturated/α-hetero) is 1. The Hall–Kier alpha value is -1.39. The van der Waals surface area contributed by atoms with Crippen molar-refractivity contribution in [1.82, 2.24) is 16.2 Å². The van der Waals surface area contributed by atoms with Crippen LogP contribution in [0.3, 0.4) is 0 Å². The second-order valence-electron chi connectivity index (χ2n) is 3.49. The van der Waals surface area contributed by atoms with Crippen LogP contribution >= 0.6 is 24.0 Å². The van der Waals surface area contributed by atoms with E-state index < -0.39 is 24.1 Å². The van der Waals surface area contributed by atoms with Gasteiger partial charge in [0.25, 0.3) is 0 Å². The van der Waals surface area contributed by atoms with Crippen molar-refractivity contribution in [1.29, 1.82) is 0 Å². The van der Waals surface area contributed by atoms with Crippen LogP contribution in [0.25, 0.3) is 0 Å². The summed E-state index contributed by atoms with van der Waals surface area (Å²) in [6, 6.07) is 0. The summed E-state index contributed by atoms with van der Waals surface area (Å²) in [5.74, 6) is -2.08. The lowest BCUT2D eigenvalue weighted by Crippen LogP contribution is -2.51. The second kappa shape index (κ2) is 9.53. The number of guanidine groups is 1. The molecule has 0 radical (unpaired) electrons. The number of ether oxygens (including phenoxy) is 1. The number of amides is 1. The molecule has 0 unspecified atom stereocenters. The smallest absolute Gasteiger partial charge is 0.313 e. The molecule has 0 saturated carbocycles. The summed E-state index contributed by atoms with van der Waals surface area (Å²) in [6.07, 6.45) is 0.349. The van der Waals surface area contributed by atoms with Gasteiger partial charge in [-0.05, 0) is 13.3 Å². The summed E-state index contributed by atoms with van der Waals surface area (Å²) < 4.78 is 4.56. The van der Waals surface area contributed by atoms with Gasteiger partial charge in [-0.3, -0.25) is 30.2 Å². The van der Waals surface area contributed by atoms with Gasteiger partial charge in [-0.1, -0.05) is 0 Å². The molecule has 19 heavy (non-hydrogen) atoms. The lowest BCUT2D eigenvalue weighted by Gasteiger charge is -2.15. The van der Waals surface area contributed by atoms with Crippen LogP contribution in [-0.2, 0) is 19.1 Å². The molecular formula is C10H17IN4O4. The molecule has 0 fully saturated rings. The van der Waals surface area contributed by atoms with Crippen LogP contribution in [0.2, 0.25) is 0 Å². The highest BCUT2D eigenvalue weighted by molar-refractivity contribution is 14.0. The van der Waals surface area contributed by atoms with Crippen molar-refractivity contribution >= 4 is 47.6 Å². The third kappa shape index (κ3) is 6.94. The van der Waals surface area contributed by atoms with Crippen LogP contribution in [-0.4, -0.2) is 43.3 Å². The third-order valence-electron chi connectivity index (χ3n) is 2.06. The molecular weight excluding hydrogens is 367 g/mol. The van der Waals surface area contributed by atoms with Gasteiger partial charge in [0.1, 0.15) is 6.42 Å². The molecule has 0 aromatic rings. The maximum atomic E-state index is 11.3. The first-order valence-corrected chi connectivity index (χ1v) is 5.66. The number of esters is 1. The van der Waals surface area contributed by atoms with Crippen LogP contribution in [0.5, 0.6) is 0 Å². The standard InChI is InChI=1S/C10H16N4O4.HI/c1-2-18-8(16)6-7(15)9(17)13-14-10-11-4-3-5-12-10;/h2-6H2,1H3,(H,13,17)(H2,11,12,14);1H. The maximum absolute atomic E-state index is 11.3. The molecule has 0 bridgehead atoms. The van der Waals surface area contributed by atoms with Crippen molar-refractivity contribution in [3.63, 3.8) is 0 Å². The molecule has 0 aliphatic carbocycles. The number of carbonyl (C=O) groups is 3. The molecule has 0 atom stereocenters. The van der Waals surface area contributed by atoms with Crippen LogP contribution in [0.15, 0.2) is 4.99 Å². The third-order valence-corrected chi connectivity index (χ3v) is 2.06. The first-order chi connectivity index (χ1) is 8.63. The lowest BCUT2D eigenvalue weighted by atomic mass is 10.3. The molecule has 108 valence electrons. The predicted octanol–water partition coefficient (Wildman–Crippen LogP) is -0.903. The average molecular weight is 384 g/mol. The predicted molar refractivity (Wildman–Crippen MR) is 77.9 cm³/mol. The van der Waals surface area contributed by atoms with E-state index >= 15 is 0 Å². The Morgan fingerprint density at radius 2 is 2.16 bits per heavy atom. The van der Waals surface area contributed by atoms with Gasteiger partial charge in [-0.25, -0.2) is 0 Å². The fraction of sp³-hybridized carbons (Fsp3) is 0.600. The van der Waals surface area contributed by atoms with Crippen molar-refractivity contribution in [2.24, 2.45) is 4.99 Å². The van der Waals surface area contributed by atoms with E-state index in [-0.39, 0.29) is 30.6 Å². The normalized spacial score (nSPS) is 13.2. The van der Waals surface area contributed by atoms with E-state index in [4.69, 9.17) is 0 Å². The van der Waals surface area contributed by atoms with E-state index in [9.17, 15) is 14.4 Å². The molecule has 1 aliphatic rings. The van der Waals surface area contributed by atoms with Gasteiger partial charge in [0, 0.05) is 13.1 Å². The monoisotopic (exact) mass is 384 g/mol. The molecule has 1 amide bonds. The minimum absolute atomic E-state index is 0. The van der Waals surface area contributed by atoms with Gasteiger partial charge >= 0.3 is 11.9 Å². The van der Waals surface area contributed by atoms with E-state index in [0.29, 0.717) is 12.5 Å². The van der Waals surface area contributed by atoms with Gasteiger partial charge < -0.3 is 10.1 Å². The molecule has 1 rings (SSSR count). The summed E-state index contributed by atoms with van der Waals surface area (Å²) in [5.41, 5.74) is 4.63. The fourth-order valence-electron chi connectivity index (χ4n) is 1.23. The van der Waals surface area contributed by atoms with Gasteiger partial charge in [0.05, 0.1) is 6.61 Å². The van der Waals surface area contributed by atoms with Crippen LogP contribution in [0.1, 0.15) is 19.8 Å². The Kier molecular flexibility index (Phi) is 8.83. The van der Waals surface area contributed by atoms with Crippen molar-refractivity contribution in [3.8, 4) is 0 Å². The van der Waals surface area contributed by atoms with Gasteiger partial charge in [0.2, 0.25) is 11.7 Å². The topological polar surface area (TPSA) is 109 Å². The molecule has 0 aromatic heterocycles.